The fourth-order valence-electron chi connectivity index (χ4n) is 1.96. The Morgan fingerprint density at radius 3 is 2.24 bits per heavy atom. The van der Waals surface area contributed by atoms with Crippen LogP contribution in [-0.2, 0) is 11.2 Å². The second-order valence-electron chi connectivity index (χ2n) is 5.50. The first-order valence-corrected chi connectivity index (χ1v) is 6.35. The summed E-state index contributed by atoms with van der Waals surface area (Å²) in [5.41, 5.74) is -0.386. The van der Waals surface area contributed by atoms with Crippen LogP contribution in [0.1, 0.15) is 26.3 Å². The number of nitrogens with one attached hydrogen (secondary N) is 2. The first kappa shape index (κ1) is 16.9. The lowest BCUT2D eigenvalue weighted by atomic mass is 9.94. The molecule has 116 valence electrons. The van der Waals surface area contributed by atoms with E-state index in [0.29, 0.717) is 5.56 Å². The highest BCUT2D eigenvalue weighted by Crippen LogP contribution is 2.15. The van der Waals surface area contributed by atoms with Crippen LogP contribution in [0, 0.1) is 11.6 Å². The highest BCUT2D eigenvalue weighted by Gasteiger charge is 2.25. The predicted octanol–water partition coefficient (Wildman–Crippen LogP) is 2.06. The topological polar surface area (TPSA) is 78.4 Å². The van der Waals surface area contributed by atoms with E-state index in [4.69, 9.17) is 5.11 Å². The van der Waals surface area contributed by atoms with Crippen LogP contribution in [0.5, 0.6) is 0 Å². The molecule has 0 saturated heterocycles. The van der Waals surface area contributed by atoms with Crippen molar-refractivity contribution < 1.29 is 23.5 Å². The van der Waals surface area contributed by atoms with Crippen LogP contribution in [0.3, 0.4) is 0 Å². The summed E-state index contributed by atoms with van der Waals surface area (Å²) in [6.45, 7) is 4.77. The number of halogens is 2. The van der Waals surface area contributed by atoms with Crippen molar-refractivity contribution in [1.82, 2.24) is 10.6 Å². The minimum atomic E-state index is -1.30. The molecule has 0 radical (unpaired) electrons. The van der Waals surface area contributed by atoms with Crippen LogP contribution in [0.4, 0.5) is 13.6 Å². The Hall–Kier alpha value is -2.18. The standard InChI is InChI=1S/C14H18F2N2O3/c1-8(17-13(20)21)12(19)18-14(2,3)7-9-4-10(15)6-11(16)5-9/h4-6,8,17H,7H2,1-3H3,(H,18,19)(H,20,21)/t8-/m1/s1. The molecule has 2 amide bonds. The van der Waals surface area contributed by atoms with Gasteiger partial charge in [-0.2, -0.15) is 0 Å². The van der Waals surface area contributed by atoms with Crippen LogP contribution in [0.2, 0.25) is 0 Å². The molecule has 0 unspecified atom stereocenters. The highest BCUT2D eigenvalue weighted by molar-refractivity contribution is 5.85. The average Bonchev–Trinajstić information content (AvgIpc) is 2.24. The van der Waals surface area contributed by atoms with Gasteiger partial charge in [0.05, 0.1) is 0 Å². The van der Waals surface area contributed by atoms with Crippen molar-refractivity contribution >= 4 is 12.0 Å². The maximum absolute atomic E-state index is 13.1. The molecule has 1 rings (SSSR count). The van der Waals surface area contributed by atoms with Crippen LogP contribution >= 0.6 is 0 Å². The van der Waals surface area contributed by atoms with Crippen LogP contribution < -0.4 is 10.6 Å². The Kier molecular flexibility index (Phi) is 5.23. The molecule has 0 spiro atoms. The van der Waals surface area contributed by atoms with Gasteiger partial charge < -0.3 is 15.7 Å². The lowest BCUT2D eigenvalue weighted by Gasteiger charge is -2.28. The van der Waals surface area contributed by atoms with Gasteiger partial charge in [0.25, 0.3) is 0 Å². The molecule has 0 heterocycles. The van der Waals surface area contributed by atoms with E-state index < -0.39 is 35.2 Å². The van der Waals surface area contributed by atoms with Gasteiger partial charge >= 0.3 is 6.09 Å². The van der Waals surface area contributed by atoms with Crippen molar-refractivity contribution in [2.75, 3.05) is 0 Å². The third-order valence-corrected chi connectivity index (χ3v) is 2.76. The molecule has 0 bridgehead atoms. The molecule has 3 N–H and O–H groups in total. The molecular formula is C14H18F2N2O3. The molecule has 1 aromatic carbocycles. The van der Waals surface area contributed by atoms with E-state index in [-0.39, 0.29) is 6.42 Å². The monoisotopic (exact) mass is 300 g/mol. The van der Waals surface area contributed by atoms with Gasteiger partial charge in [0.15, 0.2) is 0 Å². The quantitative estimate of drug-likeness (QED) is 0.779. The summed E-state index contributed by atoms with van der Waals surface area (Å²) in [7, 11) is 0. The lowest BCUT2D eigenvalue weighted by molar-refractivity contribution is -0.124. The van der Waals surface area contributed by atoms with Gasteiger partial charge in [0.2, 0.25) is 5.91 Å². The molecule has 0 aliphatic carbocycles. The Bertz CT molecular complexity index is 527. The van der Waals surface area contributed by atoms with E-state index in [0.717, 1.165) is 6.07 Å². The average molecular weight is 300 g/mol. The van der Waals surface area contributed by atoms with Crippen LogP contribution in [0.15, 0.2) is 18.2 Å². The zero-order chi connectivity index (χ0) is 16.2. The zero-order valence-corrected chi connectivity index (χ0v) is 12.0. The number of carbonyl (C=O) groups is 2. The molecule has 7 heteroatoms. The maximum atomic E-state index is 13.1. The molecule has 1 aromatic rings. The number of hydrogen-bond acceptors (Lipinski definition) is 2. The number of carbonyl (C=O) groups excluding carboxylic acids is 1. The molecule has 1 atom stereocenters. The molecule has 0 saturated carbocycles. The predicted molar refractivity (Wildman–Crippen MR) is 72.9 cm³/mol. The van der Waals surface area contributed by atoms with E-state index in [2.05, 4.69) is 5.32 Å². The van der Waals surface area contributed by atoms with E-state index in [1.165, 1.54) is 19.1 Å². The third kappa shape index (κ3) is 5.76. The van der Waals surface area contributed by atoms with Crippen molar-refractivity contribution in [2.24, 2.45) is 0 Å². The summed E-state index contributed by atoms with van der Waals surface area (Å²) in [5.74, 6) is -1.89. The largest absolute Gasteiger partial charge is 0.465 e. The summed E-state index contributed by atoms with van der Waals surface area (Å²) in [5, 5.41) is 13.2. The minimum Gasteiger partial charge on any atom is -0.465 e. The Labute approximate surface area is 121 Å². The number of hydrogen-bond donors (Lipinski definition) is 3. The summed E-state index contributed by atoms with van der Waals surface area (Å²) in [4.78, 5) is 22.3. The minimum absolute atomic E-state index is 0.202. The molecule has 5 nitrogen and oxygen atoms in total. The Morgan fingerprint density at radius 2 is 1.76 bits per heavy atom. The zero-order valence-electron chi connectivity index (χ0n) is 12.0. The first-order chi connectivity index (χ1) is 9.59. The van der Waals surface area contributed by atoms with E-state index in [1.54, 1.807) is 13.8 Å². The fraction of sp³-hybridized carbons (Fsp3) is 0.429. The van der Waals surface area contributed by atoms with E-state index in [9.17, 15) is 18.4 Å². The molecule has 21 heavy (non-hydrogen) atoms. The summed E-state index contributed by atoms with van der Waals surface area (Å²) in [6.07, 6.45) is -1.10. The molecule has 0 aliphatic rings. The maximum Gasteiger partial charge on any atom is 0.405 e. The highest BCUT2D eigenvalue weighted by atomic mass is 19.1. The van der Waals surface area contributed by atoms with Gasteiger partial charge in [0.1, 0.15) is 17.7 Å². The SMILES string of the molecule is C[C@@H](NC(=O)O)C(=O)NC(C)(C)Cc1cc(F)cc(F)c1. The van der Waals surface area contributed by atoms with Gasteiger partial charge in [-0.05, 0) is 44.9 Å². The molecular weight excluding hydrogens is 282 g/mol. The summed E-state index contributed by atoms with van der Waals surface area (Å²) < 4.78 is 26.3. The first-order valence-electron chi connectivity index (χ1n) is 6.35. The number of carboxylic acid groups (broad SMARTS) is 1. The van der Waals surface area contributed by atoms with Gasteiger partial charge in [-0.25, -0.2) is 13.6 Å². The second-order valence-corrected chi connectivity index (χ2v) is 5.50. The number of rotatable bonds is 5. The van der Waals surface area contributed by atoms with Crippen LogP contribution in [0.25, 0.3) is 0 Å². The smallest absolute Gasteiger partial charge is 0.405 e. The Morgan fingerprint density at radius 1 is 1.24 bits per heavy atom. The Balaban J connectivity index is 2.72. The lowest BCUT2D eigenvalue weighted by Crippen LogP contribution is -2.52. The van der Waals surface area contributed by atoms with Crippen molar-refractivity contribution in [3.8, 4) is 0 Å². The van der Waals surface area contributed by atoms with Crippen molar-refractivity contribution in [1.29, 1.82) is 0 Å². The van der Waals surface area contributed by atoms with E-state index >= 15 is 0 Å². The number of benzene rings is 1. The fourth-order valence-corrected chi connectivity index (χ4v) is 1.96. The number of amides is 2. The van der Waals surface area contributed by atoms with Gasteiger partial charge in [-0.1, -0.05) is 0 Å². The summed E-state index contributed by atoms with van der Waals surface area (Å²) in [6, 6.07) is 2.23. The van der Waals surface area contributed by atoms with Crippen LogP contribution in [-0.4, -0.2) is 28.7 Å². The normalized spacial score (nSPS) is 12.6. The van der Waals surface area contributed by atoms with E-state index in [1.807, 2.05) is 5.32 Å². The van der Waals surface area contributed by atoms with Gasteiger partial charge in [-0.15, -0.1) is 0 Å². The molecule has 0 aliphatic heterocycles. The van der Waals surface area contributed by atoms with Crippen molar-refractivity contribution in [2.45, 2.75) is 38.8 Å². The van der Waals surface area contributed by atoms with Gasteiger partial charge in [0, 0.05) is 11.6 Å². The molecule has 0 fully saturated rings. The third-order valence-electron chi connectivity index (χ3n) is 2.76. The molecule has 0 aromatic heterocycles. The summed E-state index contributed by atoms with van der Waals surface area (Å²) >= 11 is 0. The van der Waals surface area contributed by atoms with Crippen molar-refractivity contribution in [3.63, 3.8) is 0 Å². The van der Waals surface area contributed by atoms with Crippen molar-refractivity contribution in [3.05, 3.63) is 35.4 Å². The van der Waals surface area contributed by atoms with Gasteiger partial charge in [-0.3, -0.25) is 4.79 Å². The second kappa shape index (κ2) is 6.51.